The normalized spacial score (nSPS) is 9.75. The van der Waals surface area contributed by atoms with Crippen molar-refractivity contribution in [2.24, 2.45) is 5.92 Å². The van der Waals surface area contributed by atoms with Crippen LogP contribution in [0.5, 0.6) is 0 Å². The Hall–Kier alpha value is -0.0800. The molecule has 0 fully saturated rings. The summed E-state index contributed by atoms with van der Waals surface area (Å²) in [6.07, 6.45) is 0.356. The minimum atomic E-state index is 0.356. The molecule has 0 heterocycles. The topological polar surface area (TPSA) is 21.3 Å². The maximum atomic E-state index is 5.33. The third kappa shape index (κ3) is 48.5. The van der Waals surface area contributed by atoms with Crippen LogP contribution in [-0.4, -0.2) is 25.3 Å². The van der Waals surface area contributed by atoms with Gasteiger partial charge in [-0.25, -0.2) is 0 Å². The molecule has 0 radical (unpaired) electrons. The van der Waals surface area contributed by atoms with Crippen LogP contribution in [0.1, 0.15) is 62.3 Å². The zero-order valence-corrected chi connectivity index (χ0v) is 13.1. The molecule has 0 amide bonds. The molecule has 102 valence electrons. The van der Waals surface area contributed by atoms with Crippen molar-refractivity contribution in [1.82, 2.24) is 5.32 Å². The Morgan fingerprint density at radius 2 is 1.25 bits per heavy atom. The zero-order valence-electron chi connectivity index (χ0n) is 13.1. The van der Waals surface area contributed by atoms with Gasteiger partial charge < -0.3 is 10.1 Å². The first-order valence-corrected chi connectivity index (χ1v) is 6.71. The third-order valence-electron chi connectivity index (χ3n) is 1.11. The molecule has 0 aromatic carbocycles. The molecule has 16 heavy (non-hydrogen) atoms. The molecule has 0 bridgehead atoms. The van der Waals surface area contributed by atoms with Gasteiger partial charge in [-0.05, 0) is 19.8 Å². The average molecular weight is 233 g/mol. The highest BCUT2D eigenvalue weighted by Crippen LogP contribution is 1.85. The minimum Gasteiger partial charge on any atom is -0.377 e. The highest BCUT2D eigenvalue weighted by atomic mass is 16.5. The number of hydrogen-bond acceptors (Lipinski definition) is 2. The van der Waals surface area contributed by atoms with Crippen molar-refractivity contribution in [2.75, 3.05) is 13.2 Å². The van der Waals surface area contributed by atoms with Crippen LogP contribution >= 0.6 is 0 Å². The summed E-state index contributed by atoms with van der Waals surface area (Å²) in [6, 6.07) is 0.566. The van der Waals surface area contributed by atoms with E-state index in [9.17, 15) is 0 Å². The van der Waals surface area contributed by atoms with Crippen molar-refractivity contribution in [3.05, 3.63) is 0 Å². The Kier molecular flexibility index (Phi) is 23.0. The zero-order chi connectivity index (χ0) is 13.6. The van der Waals surface area contributed by atoms with Gasteiger partial charge in [-0.3, -0.25) is 0 Å². The number of nitrogens with one attached hydrogen (secondary N) is 1. The van der Waals surface area contributed by atoms with Crippen molar-refractivity contribution >= 4 is 0 Å². The third-order valence-corrected chi connectivity index (χ3v) is 1.11. The van der Waals surface area contributed by atoms with Crippen LogP contribution in [-0.2, 0) is 4.74 Å². The fourth-order valence-corrected chi connectivity index (χ4v) is 0.642. The molecular weight excluding hydrogens is 198 g/mol. The Morgan fingerprint density at radius 1 is 0.875 bits per heavy atom. The lowest BCUT2D eigenvalue weighted by Crippen LogP contribution is -2.27. The maximum Gasteiger partial charge on any atom is 0.0594 e. The second-order valence-corrected chi connectivity index (χ2v) is 4.76. The highest BCUT2D eigenvalue weighted by molar-refractivity contribution is 4.51. The lowest BCUT2D eigenvalue weighted by atomic mass is 10.3. The molecule has 0 unspecified atom stereocenters. The molecule has 0 aliphatic heterocycles. The molecule has 0 atom stereocenters. The standard InChI is InChI=1S/C8H19NO.C4H10.C2H6/c1-7(2)9-5-6-10-8(3)4;1-4(2)3;1-2/h7-9H,5-6H2,1-4H3;4H,1-3H3;1-2H3. The van der Waals surface area contributed by atoms with E-state index in [1.165, 1.54) is 0 Å². The van der Waals surface area contributed by atoms with Gasteiger partial charge in [0.1, 0.15) is 0 Å². The largest absolute Gasteiger partial charge is 0.377 e. The van der Waals surface area contributed by atoms with Gasteiger partial charge in [0.05, 0.1) is 12.7 Å². The first-order valence-electron chi connectivity index (χ1n) is 6.71. The van der Waals surface area contributed by atoms with Gasteiger partial charge in [-0.1, -0.05) is 48.5 Å². The highest BCUT2D eigenvalue weighted by Gasteiger charge is 1.93. The lowest BCUT2D eigenvalue weighted by Gasteiger charge is -2.10. The summed E-state index contributed by atoms with van der Waals surface area (Å²) in [4.78, 5) is 0. The van der Waals surface area contributed by atoms with Crippen LogP contribution in [0, 0.1) is 5.92 Å². The number of hydrogen-bond donors (Lipinski definition) is 1. The molecule has 0 spiro atoms. The van der Waals surface area contributed by atoms with Gasteiger partial charge in [0.15, 0.2) is 0 Å². The Labute approximate surface area is 104 Å². The van der Waals surface area contributed by atoms with E-state index in [0.29, 0.717) is 12.1 Å². The molecular formula is C14H35NO. The van der Waals surface area contributed by atoms with Crippen LogP contribution in [0.4, 0.5) is 0 Å². The van der Waals surface area contributed by atoms with Crippen LogP contribution < -0.4 is 5.32 Å². The molecule has 2 nitrogen and oxygen atoms in total. The van der Waals surface area contributed by atoms with Crippen molar-refractivity contribution in [3.8, 4) is 0 Å². The fourth-order valence-electron chi connectivity index (χ4n) is 0.642. The monoisotopic (exact) mass is 233 g/mol. The lowest BCUT2D eigenvalue weighted by molar-refractivity contribution is 0.0799. The second kappa shape index (κ2) is 17.3. The quantitative estimate of drug-likeness (QED) is 0.722. The molecule has 2 heteroatoms. The molecule has 0 saturated heterocycles. The Balaban J connectivity index is -0.000000237. The van der Waals surface area contributed by atoms with E-state index < -0.39 is 0 Å². The molecule has 0 saturated carbocycles. The van der Waals surface area contributed by atoms with Gasteiger partial charge in [-0.2, -0.15) is 0 Å². The Morgan fingerprint density at radius 3 is 1.50 bits per heavy atom. The Bertz CT molecular complexity index is 88.2. The van der Waals surface area contributed by atoms with E-state index in [4.69, 9.17) is 4.74 Å². The fraction of sp³-hybridized carbons (Fsp3) is 1.00. The maximum absolute atomic E-state index is 5.33. The molecule has 0 aromatic rings. The van der Waals surface area contributed by atoms with E-state index >= 15 is 0 Å². The molecule has 0 aromatic heterocycles. The minimum absolute atomic E-state index is 0.356. The van der Waals surface area contributed by atoms with Crippen LogP contribution in [0.3, 0.4) is 0 Å². The summed E-state index contributed by atoms with van der Waals surface area (Å²) < 4.78 is 5.33. The van der Waals surface area contributed by atoms with Gasteiger partial charge in [0.25, 0.3) is 0 Å². The van der Waals surface area contributed by atoms with E-state index in [2.05, 4.69) is 53.8 Å². The average Bonchev–Trinajstić information content (AvgIpc) is 2.14. The first-order chi connectivity index (χ1) is 7.36. The summed E-state index contributed by atoms with van der Waals surface area (Å²) in [5, 5.41) is 3.28. The number of rotatable bonds is 5. The SMILES string of the molecule is CC.CC(C)C.CC(C)NCCOC(C)C. The predicted molar refractivity (Wildman–Crippen MR) is 76.1 cm³/mol. The summed E-state index contributed by atoms with van der Waals surface area (Å²) in [5.74, 6) is 0.833. The molecule has 0 aliphatic rings. The van der Waals surface area contributed by atoms with Gasteiger partial charge in [-0.15, -0.1) is 0 Å². The van der Waals surface area contributed by atoms with Gasteiger partial charge in [0.2, 0.25) is 0 Å². The van der Waals surface area contributed by atoms with Crippen LogP contribution in [0.2, 0.25) is 0 Å². The summed E-state index contributed by atoms with van der Waals surface area (Å²) in [7, 11) is 0. The van der Waals surface area contributed by atoms with E-state index in [-0.39, 0.29) is 0 Å². The van der Waals surface area contributed by atoms with Crippen LogP contribution in [0.15, 0.2) is 0 Å². The van der Waals surface area contributed by atoms with Crippen molar-refractivity contribution < 1.29 is 4.74 Å². The molecule has 1 N–H and O–H groups in total. The van der Waals surface area contributed by atoms with Crippen molar-refractivity contribution in [1.29, 1.82) is 0 Å². The summed E-state index contributed by atoms with van der Waals surface area (Å²) in [5.41, 5.74) is 0. The summed E-state index contributed by atoms with van der Waals surface area (Å²) in [6.45, 7) is 20.6. The number of ether oxygens (including phenoxy) is 1. The van der Waals surface area contributed by atoms with Crippen LogP contribution in [0.25, 0.3) is 0 Å². The van der Waals surface area contributed by atoms with Crippen molar-refractivity contribution in [2.45, 2.75) is 74.5 Å². The molecule has 0 aliphatic carbocycles. The van der Waals surface area contributed by atoms with Gasteiger partial charge >= 0.3 is 0 Å². The van der Waals surface area contributed by atoms with Crippen molar-refractivity contribution in [3.63, 3.8) is 0 Å². The van der Waals surface area contributed by atoms with Gasteiger partial charge in [0, 0.05) is 12.6 Å². The van der Waals surface area contributed by atoms with E-state index in [1.807, 2.05) is 13.8 Å². The van der Waals surface area contributed by atoms with E-state index in [0.717, 1.165) is 19.1 Å². The smallest absolute Gasteiger partial charge is 0.0594 e. The molecule has 0 rings (SSSR count). The summed E-state index contributed by atoms with van der Waals surface area (Å²) >= 11 is 0. The second-order valence-electron chi connectivity index (χ2n) is 4.76. The first kappa shape index (κ1) is 21.2. The predicted octanol–water partition coefficient (Wildman–Crippen LogP) is 4.10. The van der Waals surface area contributed by atoms with E-state index in [1.54, 1.807) is 0 Å².